The maximum atomic E-state index is 4.24. The minimum Gasteiger partial charge on any atom is -0.299 e. The summed E-state index contributed by atoms with van der Waals surface area (Å²) in [5, 5.41) is 12.2. The Morgan fingerprint density at radius 1 is 1.16 bits per heavy atom. The van der Waals surface area contributed by atoms with E-state index in [1.54, 1.807) is 6.20 Å². The van der Waals surface area contributed by atoms with Gasteiger partial charge in [0.15, 0.2) is 0 Å². The van der Waals surface area contributed by atoms with Crippen LogP contribution >= 0.6 is 0 Å². The normalized spacial score (nSPS) is 18.5. The average molecular weight is 336 g/mol. The zero-order chi connectivity index (χ0) is 17.1. The quantitative estimate of drug-likeness (QED) is 0.719. The molecule has 6 heteroatoms. The summed E-state index contributed by atoms with van der Waals surface area (Å²) in [6.45, 7) is 4.29. The predicted octanol–water partition coefficient (Wildman–Crippen LogP) is 2.59. The molecule has 0 spiro atoms. The molecule has 2 aromatic heterocycles. The first kappa shape index (κ1) is 16.0. The van der Waals surface area contributed by atoms with E-state index in [9.17, 15) is 0 Å². The van der Waals surface area contributed by atoms with E-state index in [4.69, 9.17) is 0 Å². The van der Waals surface area contributed by atoms with Crippen LogP contribution < -0.4 is 0 Å². The first-order valence-electron chi connectivity index (χ1n) is 8.91. The first-order valence-corrected chi connectivity index (χ1v) is 8.91. The van der Waals surface area contributed by atoms with Gasteiger partial charge < -0.3 is 0 Å². The topological polar surface area (TPSA) is 51.8 Å². The highest BCUT2D eigenvalue weighted by molar-refractivity contribution is 5.61. The highest BCUT2D eigenvalue weighted by atomic mass is 15.4. The summed E-state index contributed by atoms with van der Waals surface area (Å²) < 4.78 is 3.79. The van der Waals surface area contributed by atoms with Gasteiger partial charge in [0.2, 0.25) is 0 Å². The number of aromatic nitrogens is 5. The molecule has 1 aliphatic heterocycles. The summed E-state index contributed by atoms with van der Waals surface area (Å²) in [4.78, 5) is 2.56. The van der Waals surface area contributed by atoms with Gasteiger partial charge in [-0.2, -0.15) is 5.10 Å². The summed E-state index contributed by atoms with van der Waals surface area (Å²) in [5.74, 6) is 0.658. The second kappa shape index (κ2) is 7.19. The zero-order valence-corrected chi connectivity index (χ0v) is 14.6. The zero-order valence-electron chi connectivity index (χ0n) is 14.6. The lowest BCUT2D eigenvalue weighted by molar-refractivity contribution is 0.153. The molecule has 1 saturated heterocycles. The van der Waals surface area contributed by atoms with Crippen molar-refractivity contribution in [1.82, 2.24) is 29.7 Å². The number of hydrogen-bond donors (Lipinski definition) is 0. The Bertz CT molecular complexity index is 790. The molecular formula is C19H24N6. The lowest BCUT2D eigenvalue weighted by Gasteiger charge is -2.32. The van der Waals surface area contributed by atoms with Gasteiger partial charge >= 0.3 is 0 Å². The second-order valence-electron chi connectivity index (χ2n) is 6.97. The molecule has 1 aromatic carbocycles. The summed E-state index contributed by atoms with van der Waals surface area (Å²) in [5.41, 5.74) is 3.76. The number of rotatable bonds is 5. The second-order valence-corrected chi connectivity index (χ2v) is 6.97. The van der Waals surface area contributed by atoms with Crippen LogP contribution in [0, 0.1) is 5.92 Å². The van der Waals surface area contributed by atoms with Crippen molar-refractivity contribution in [3.63, 3.8) is 0 Å². The summed E-state index contributed by atoms with van der Waals surface area (Å²) in [6, 6.07) is 8.87. The van der Waals surface area contributed by atoms with Crippen molar-refractivity contribution in [2.45, 2.75) is 25.9 Å². The summed E-state index contributed by atoms with van der Waals surface area (Å²) >= 11 is 0. The summed E-state index contributed by atoms with van der Waals surface area (Å²) in [6.07, 6.45) is 10.2. The van der Waals surface area contributed by atoms with Gasteiger partial charge in [-0.05, 0) is 36.4 Å². The lowest BCUT2D eigenvalue weighted by Crippen LogP contribution is -2.36. The van der Waals surface area contributed by atoms with Crippen LogP contribution in [0.5, 0.6) is 0 Å². The first-order chi connectivity index (χ1) is 12.3. The monoisotopic (exact) mass is 336 g/mol. The third kappa shape index (κ3) is 3.96. The Kier molecular flexibility index (Phi) is 4.61. The molecular weight excluding hydrogens is 312 g/mol. The number of aryl methyl sites for hydroxylation is 1. The van der Waals surface area contributed by atoms with Crippen molar-refractivity contribution in [3.05, 3.63) is 54.6 Å². The van der Waals surface area contributed by atoms with E-state index in [-0.39, 0.29) is 0 Å². The maximum absolute atomic E-state index is 4.24. The van der Waals surface area contributed by atoms with Crippen LogP contribution in [0.4, 0.5) is 0 Å². The van der Waals surface area contributed by atoms with Crippen molar-refractivity contribution in [2.24, 2.45) is 13.0 Å². The molecule has 0 aliphatic carbocycles. The average Bonchev–Trinajstić information content (AvgIpc) is 3.28. The number of piperidine rings is 1. The molecule has 0 radical (unpaired) electrons. The van der Waals surface area contributed by atoms with Gasteiger partial charge in [-0.15, -0.1) is 5.10 Å². The molecule has 1 atom stereocenters. The van der Waals surface area contributed by atoms with Crippen molar-refractivity contribution in [1.29, 1.82) is 0 Å². The fraction of sp³-hybridized carbons (Fsp3) is 0.421. The van der Waals surface area contributed by atoms with E-state index in [0.717, 1.165) is 19.6 Å². The third-order valence-electron chi connectivity index (χ3n) is 4.92. The Morgan fingerprint density at radius 3 is 2.76 bits per heavy atom. The van der Waals surface area contributed by atoms with Crippen LogP contribution in [-0.4, -0.2) is 42.8 Å². The Morgan fingerprint density at radius 2 is 2.04 bits per heavy atom. The van der Waals surface area contributed by atoms with Gasteiger partial charge in [0.25, 0.3) is 0 Å². The number of nitrogens with zero attached hydrogens (tertiary/aromatic N) is 6. The molecule has 1 aliphatic rings. The fourth-order valence-corrected chi connectivity index (χ4v) is 3.67. The van der Waals surface area contributed by atoms with Crippen LogP contribution in [0.3, 0.4) is 0 Å². The fourth-order valence-electron chi connectivity index (χ4n) is 3.67. The van der Waals surface area contributed by atoms with Gasteiger partial charge in [-0.25, -0.2) is 0 Å². The molecule has 3 heterocycles. The number of likely N-dealkylation sites (tertiary alicyclic amines) is 1. The van der Waals surface area contributed by atoms with Crippen molar-refractivity contribution >= 4 is 0 Å². The Hall–Kier alpha value is -2.47. The van der Waals surface area contributed by atoms with Crippen LogP contribution in [-0.2, 0) is 20.1 Å². The highest BCUT2D eigenvalue weighted by Gasteiger charge is 2.20. The molecule has 0 bridgehead atoms. The molecule has 1 unspecified atom stereocenters. The van der Waals surface area contributed by atoms with Gasteiger partial charge in [0.1, 0.15) is 0 Å². The van der Waals surface area contributed by atoms with Gasteiger partial charge in [0, 0.05) is 44.6 Å². The van der Waals surface area contributed by atoms with Gasteiger partial charge in [-0.3, -0.25) is 14.3 Å². The molecule has 0 saturated carbocycles. The van der Waals surface area contributed by atoms with Crippen LogP contribution in [0.1, 0.15) is 18.4 Å². The molecule has 1 fully saturated rings. The highest BCUT2D eigenvalue weighted by Crippen LogP contribution is 2.22. The van der Waals surface area contributed by atoms with Gasteiger partial charge in [0.05, 0.1) is 12.4 Å². The lowest BCUT2D eigenvalue weighted by atomic mass is 9.97. The van der Waals surface area contributed by atoms with E-state index in [1.807, 2.05) is 35.0 Å². The van der Waals surface area contributed by atoms with E-state index in [0.29, 0.717) is 5.92 Å². The molecule has 4 rings (SSSR count). The largest absolute Gasteiger partial charge is 0.299 e. The SMILES string of the molecule is Cn1cc(-c2ccc(CN3CCCC(Cn4ccnn4)C3)cc2)cn1. The van der Waals surface area contributed by atoms with Crippen molar-refractivity contribution < 1.29 is 0 Å². The third-order valence-corrected chi connectivity index (χ3v) is 4.92. The smallest absolute Gasteiger partial charge is 0.0692 e. The van der Waals surface area contributed by atoms with E-state index >= 15 is 0 Å². The molecule has 6 nitrogen and oxygen atoms in total. The van der Waals surface area contributed by atoms with Crippen molar-refractivity contribution in [2.75, 3.05) is 13.1 Å². The molecule has 0 N–H and O–H groups in total. The maximum Gasteiger partial charge on any atom is 0.0692 e. The Balaban J connectivity index is 1.36. The van der Waals surface area contributed by atoms with E-state index in [1.165, 1.54) is 36.1 Å². The van der Waals surface area contributed by atoms with E-state index in [2.05, 4.69) is 44.6 Å². The van der Waals surface area contributed by atoms with Crippen LogP contribution in [0.2, 0.25) is 0 Å². The summed E-state index contributed by atoms with van der Waals surface area (Å²) in [7, 11) is 1.95. The Labute approximate surface area is 148 Å². The van der Waals surface area contributed by atoms with E-state index < -0.39 is 0 Å². The number of benzene rings is 1. The molecule has 130 valence electrons. The molecule has 25 heavy (non-hydrogen) atoms. The van der Waals surface area contributed by atoms with Crippen molar-refractivity contribution in [3.8, 4) is 11.1 Å². The van der Waals surface area contributed by atoms with Crippen LogP contribution in [0.15, 0.2) is 49.1 Å². The number of hydrogen-bond acceptors (Lipinski definition) is 4. The minimum absolute atomic E-state index is 0.658. The van der Waals surface area contributed by atoms with Gasteiger partial charge in [-0.1, -0.05) is 29.5 Å². The predicted molar refractivity (Wildman–Crippen MR) is 96.7 cm³/mol. The molecule has 0 amide bonds. The standard InChI is InChI=1S/C19H24N6/c1-23-15-19(11-21-23)18-6-4-16(5-7-18)12-24-9-2-3-17(13-24)14-25-10-8-20-22-25/h4-8,10-11,15,17H,2-3,9,12-14H2,1H3. The minimum atomic E-state index is 0.658. The van der Waals surface area contributed by atoms with Crippen LogP contribution in [0.25, 0.3) is 11.1 Å². The molecule has 3 aromatic rings.